The van der Waals surface area contributed by atoms with Crippen LogP contribution in [-0.2, 0) is 16.0 Å². The first kappa shape index (κ1) is 13.6. The number of halogens is 2. The second kappa shape index (κ2) is 5.77. The van der Waals surface area contributed by atoms with Crippen LogP contribution in [0.5, 0.6) is 0 Å². The number of hydrogen-bond donors (Lipinski definition) is 2. The van der Waals surface area contributed by atoms with Gasteiger partial charge in [0, 0.05) is 0 Å². The van der Waals surface area contributed by atoms with Crippen LogP contribution in [0.4, 0.5) is 4.39 Å². The lowest BCUT2D eigenvalue weighted by molar-refractivity contribution is -0.141. The Morgan fingerprint density at radius 2 is 2.18 bits per heavy atom. The van der Waals surface area contributed by atoms with E-state index in [-0.39, 0.29) is 10.9 Å². The molecule has 4 nitrogen and oxygen atoms in total. The Morgan fingerprint density at radius 1 is 1.53 bits per heavy atom. The van der Waals surface area contributed by atoms with E-state index in [0.29, 0.717) is 5.56 Å². The second-order valence-electron chi connectivity index (χ2n) is 3.55. The molecule has 0 aliphatic carbocycles. The standard InChI is InChI=1S/C11H11BrFNO3/c1-6(11(16)17)14-10(15)5-7-2-3-9(13)8(12)4-7/h2-4,6H,5H2,1H3,(H,14,15)(H,16,17)/t6-/m1/s1. The monoisotopic (exact) mass is 303 g/mol. The van der Waals surface area contributed by atoms with Crippen LogP contribution in [0, 0.1) is 5.82 Å². The Labute approximate surface area is 106 Å². The minimum absolute atomic E-state index is 0.0104. The summed E-state index contributed by atoms with van der Waals surface area (Å²) in [4.78, 5) is 22.0. The summed E-state index contributed by atoms with van der Waals surface area (Å²) < 4.78 is 13.2. The van der Waals surface area contributed by atoms with Crippen molar-refractivity contribution in [3.63, 3.8) is 0 Å². The fourth-order valence-corrected chi connectivity index (χ4v) is 1.62. The molecule has 0 radical (unpaired) electrons. The molecule has 0 spiro atoms. The fraction of sp³-hybridized carbons (Fsp3) is 0.273. The minimum Gasteiger partial charge on any atom is -0.480 e. The molecule has 1 aromatic rings. The zero-order valence-electron chi connectivity index (χ0n) is 9.04. The van der Waals surface area contributed by atoms with Gasteiger partial charge in [-0.05, 0) is 40.5 Å². The molecule has 1 rings (SSSR count). The highest BCUT2D eigenvalue weighted by Gasteiger charge is 2.14. The summed E-state index contributed by atoms with van der Waals surface area (Å²) in [6.45, 7) is 1.38. The molecule has 1 atom stereocenters. The van der Waals surface area contributed by atoms with Crippen LogP contribution in [0.3, 0.4) is 0 Å². The van der Waals surface area contributed by atoms with Crippen molar-refractivity contribution in [3.05, 3.63) is 34.1 Å². The van der Waals surface area contributed by atoms with Gasteiger partial charge in [0.25, 0.3) is 0 Å². The number of rotatable bonds is 4. The Balaban J connectivity index is 2.62. The van der Waals surface area contributed by atoms with Crippen molar-refractivity contribution in [2.24, 2.45) is 0 Å². The van der Waals surface area contributed by atoms with E-state index in [2.05, 4.69) is 21.2 Å². The van der Waals surface area contributed by atoms with Crippen LogP contribution in [0.15, 0.2) is 22.7 Å². The number of carboxylic acid groups (broad SMARTS) is 1. The van der Waals surface area contributed by atoms with Crippen molar-refractivity contribution in [2.75, 3.05) is 0 Å². The van der Waals surface area contributed by atoms with Crippen LogP contribution in [-0.4, -0.2) is 23.0 Å². The normalized spacial score (nSPS) is 11.9. The lowest BCUT2D eigenvalue weighted by atomic mass is 10.1. The Bertz CT molecular complexity index is 450. The maximum absolute atomic E-state index is 12.9. The highest BCUT2D eigenvalue weighted by molar-refractivity contribution is 9.10. The molecule has 92 valence electrons. The Hall–Kier alpha value is -1.43. The molecular weight excluding hydrogens is 293 g/mol. The predicted octanol–water partition coefficient (Wildman–Crippen LogP) is 1.72. The smallest absolute Gasteiger partial charge is 0.325 e. The molecule has 1 aromatic carbocycles. The molecule has 0 aliphatic rings. The third-order valence-electron chi connectivity index (χ3n) is 2.10. The summed E-state index contributed by atoms with van der Waals surface area (Å²) in [6, 6.07) is 3.27. The van der Waals surface area contributed by atoms with E-state index in [0.717, 1.165) is 0 Å². The van der Waals surface area contributed by atoms with Gasteiger partial charge < -0.3 is 10.4 Å². The average molecular weight is 304 g/mol. The van der Waals surface area contributed by atoms with Crippen molar-refractivity contribution >= 4 is 27.8 Å². The van der Waals surface area contributed by atoms with Gasteiger partial charge in [0.05, 0.1) is 10.9 Å². The van der Waals surface area contributed by atoms with Gasteiger partial charge in [-0.3, -0.25) is 9.59 Å². The molecule has 0 saturated carbocycles. The Morgan fingerprint density at radius 3 is 2.71 bits per heavy atom. The largest absolute Gasteiger partial charge is 0.480 e. The quantitative estimate of drug-likeness (QED) is 0.890. The van der Waals surface area contributed by atoms with E-state index < -0.39 is 23.7 Å². The maximum atomic E-state index is 12.9. The molecule has 0 unspecified atom stereocenters. The van der Waals surface area contributed by atoms with Gasteiger partial charge in [-0.1, -0.05) is 6.07 Å². The molecule has 2 N–H and O–H groups in total. The van der Waals surface area contributed by atoms with Gasteiger partial charge in [-0.25, -0.2) is 4.39 Å². The molecule has 17 heavy (non-hydrogen) atoms. The van der Waals surface area contributed by atoms with Crippen LogP contribution in [0.25, 0.3) is 0 Å². The summed E-state index contributed by atoms with van der Waals surface area (Å²) in [5.74, 6) is -1.93. The second-order valence-corrected chi connectivity index (χ2v) is 4.41. The zero-order chi connectivity index (χ0) is 13.0. The third kappa shape index (κ3) is 4.14. The number of amides is 1. The van der Waals surface area contributed by atoms with Crippen LogP contribution < -0.4 is 5.32 Å². The van der Waals surface area contributed by atoms with Crippen molar-refractivity contribution in [1.29, 1.82) is 0 Å². The summed E-state index contributed by atoms with van der Waals surface area (Å²) in [5, 5.41) is 10.9. The lowest BCUT2D eigenvalue weighted by Crippen LogP contribution is -2.39. The molecule has 0 fully saturated rings. The highest BCUT2D eigenvalue weighted by Crippen LogP contribution is 2.17. The molecule has 0 bridgehead atoms. The van der Waals surface area contributed by atoms with Gasteiger partial charge in [-0.2, -0.15) is 0 Å². The molecular formula is C11H11BrFNO3. The number of carboxylic acids is 1. The summed E-state index contributed by atoms with van der Waals surface area (Å²) >= 11 is 3.01. The first-order chi connectivity index (χ1) is 7.90. The summed E-state index contributed by atoms with van der Waals surface area (Å²) in [6.07, 6.45) is 0.0104. The molecule has 6 heteroatoms. The maximum Gasteiger partial charge on any atom is 0.325 e. The topological polar surface area (TPSA) is 66.4 Å². The number of carbonyl (C=O) groups is 2. The molecule has 1 amide bonds. The highest BCUT2D eigenvalue weighted by atomic mass is 79.9. The number of benzene rings is 1. The van der Waals surface area contributed by atoms with E-state index >= 15 is 0 Å². The SMILES string of the molecule is C[C@@H](NC(=O)Cc1ccc(F)c(Br)c1)C(=O)O. The van der Waals surface area contributed by atoms with Crippen LogP contribution in [0.2, 0.25) is 0 Å². The zero-order valence-corrected chi connectivity index (χ0v) is 10.6. The lowest BCUT2D eigenvalue weighted by Gasteiger charge is -2.09. The first-order valence-corrected chi connectivity index (χ1v) is 5.65. The van der Waals surface area contributed by atoms with Gasteiger partial charge in [0.1, 0.15) is 11.9 Å². The molecule has 0 aliphatic heterocycles. The van der Waals surface area contributed by atoms with Crippen molar-refractivity contribution in [2.45, 2.75) is 19.4 Å². The first-order valence-electron chi connectivity index (χ1n) is 4.86. The van der Waals surface area contributed by atoms with Gasteiger partial charge in [0.15, 0.2) is 0 Å². The predicted molar refractivity (Wildman–Crippen MR) is 63.0 cm³/mol. The van der Waals surface area contributed by atoms with Crippen molar-refractivity contribution < 1.29 is 19.1 Å². The Kier molecular flexibility index (Phi) is 4.62. The van der Waals surface area contributed by atoms with Crippen molar-refractivity contribution in [1.82, 2.24) is 5.32 Å². The number of nitrogens with one attached hydrogen (secondary N) is 1. The van der Waals surface area contributed by atoms with E-state index in [4.69, 9.17) is 5.11 Å². The number of carbonyl (C=O) groups excluding carboxylic acids is 1. The summed E-state index contributed by atoms with van der Waals surface area (Å²) in [5.41, 5.74) is 0.605. The van der Waals surface area contributed by atoms with E-state index in [1.807, 2.05) is 0 Å². The van der Waals surface area contributed by atoms with E-state index in [9.17, 15) is 14.0 Å². The van der Waals surface area contributed by atoms with Gasteiger partial charge >= 0.3 is 5.97 Å². The minimum atomic E-state index is -1.10. The van der Waals surface area contributed by atoms with E-state index in [1.165, 1.54) is 25.1 Å². The van der Waals surface area contributed by atoms with Gasteiger partial charge in [0.2, 0.25) is 5.91 Å². The fourth-order valence-electron chi connectivity index (χ4n) is 1.19. The van der Waals surface area contributed by atoms with Crippen LogP contribution in [0.1, 0.15) is 12.5 Å². The average Bonchev–Trinajstić information content (AvgIpc) is 2.23. The van der Waals surface area contributed by atoms with Crippen LogP contribution >= 0.6 is 15.9 Å². The summed E-state index contributed by atoms with van der Waals surface area (Å²) in [7, 11) is 0. The van der Waals surface area contributed by atoms with Gasteiger partial charge in [-0.15, -0.1) is 0 Å². The van der Waals surface area contributed by atoms with E-state index in [1.54, 1.807) is 0 Å². The molecule has 0 heterocycles. The third-order valence-corrected chi connectivity index (χ3v) is 2.70. The number of hydrogen-bond acceptors (Lipinski definition) is 2. The number of aliphatic carboxylic acids is 1. The van der Waals surface area contributed by atoms with Crippen molar-refractivity contribution in [3.8, 4) is 0 Å². The molecule has 0 aromatic heterocycles. The molecule has 0 saturated heterocycles.